The fraction of sp³-hybridized carbons (Fsp3) is 0.579. The fourth-order valence-corrected chi connectivity index (χ4v) is 3.76. The Morgan fingerprint density at radius 3 is 2.28 bits per heavy atom. The van der Waals surface area contributed by atoms with E-state index in [1.807, 2.05) is 25.7 Å². The molecule has 1 aromatic rings. The van der Waals surface area contributed by atoms with Gasteiger partial charge in [-0.3, -0.25) is 0 Å². The predicted molar refractivity (Wildman–Crippen MR) is 91.9 cm³/mol. The molecule has 2 aliphatic heterocycles. The number of carboxylic acids is 1. The summed E-state index contributed by atoms with van der Waals surface area (Å²) in [5.41, 5.74) is -0.339. The van der Waals surface area contributed by atoms with Crippen LogP contribution >= 0.6 is 0 Å². The van der Waals surface area contributed by atoms with E-state index < -0.39 is 11.6 Å². The molecule has 6 nitrogen and oxygen atoms in total. The zero-order valence-corrected chi connectivity index (χ0v) is 14.9. The summed E-state index contributed by atoms with van der Waals surface area (Å²) in [6.45, 7) is 5.60. The molecule has 0 unspecified atom stereocenters. The van der Waals surface area contributed by atoms with E-state index in [1.54, 1.807) is 24.3 Å². The number of amides is 1. The molecule has 2 bridgehead atoms. The predicted octanol–water partition coefficient (Wildman–Crippen LogP) is 3.69. The van der Waals surface area contributed by atoms with E-state index in [2.05, 4.69) is 0 Å². The van der Waals surface area contributed by atoms with Gasteiger partial charge in [0, 0.05) is 24.9 Å². The van der Waals surface area contributed by atoms with Gasteiger partial charge in [-0.25, -0.2) is 9.59 Å². The highest BCUT2D eigenvalue weighted by Gasteiger charge is 2.45. The second-order valence-corrected chi connectivity index (χ2v) is 7.79. The zero-order valence-electron chi connectivity index (χ0n) is 14.9. The van der Waals surface area contributed by atoms with Crippen LogP contribution in [0.4, 0.5) is 4.79 Å². The first-order valence-corrected chi connectivity index (χ1v) is 8.75. The number of benzene rings is 1. The number of aromatic carboxylic acids is 1. The highest BCUT2D eigenvalue weighted by molar-refractivity contribution is 5.90. The lowest BCUT2D eigenvalue weighted by molar-refractivity contribution is -0.00714. The second-order valence-electron chi connectivity index (χ2n) is 7.79. The first kappa shape index (κ1) is 17.6. The van der Waals surface area contributed by atoms with Crippen LogP contribution in [0.2, 0.25) is 0 Å². The lowest BCUT2D eigenvalue weighted by Gasteiger charge is -2.39. The molecule has 0 aliphatic carbocycles. The van der Waals surface area contributed by atoms with Crippen LogP contribution in [0.25, 0.3) is 0 Å². The maximum Gasteiger partial charge on any atom is 0.410 e. The minimum absolute atomic E-state index is 0.0864. The van der Waals surface area contributed by atoms with Crippen LogP contribution in [0.5, 0.6) is 5.75 Å². The van der Waals surface area contributed by atoms with Crippen LogP contribution in [0, 0.1) is 0 Å². The summed E-state index contributed by atoms with van der Waals surface area (Å²) in [7, 11) is 0. The lowest BCUT2D eigenvalue weighted by Crippen LogP contribution is -2.50. The Hall–Kier alpha value is -2.24. The van der Waals surface area contributed by atoms with Crippen LogP contribution in [0.15, 0.2) is 24.3 Å². The summed E-state index contributed by atoms with van der Waals surface area (Å²) in [6.07, 6.45) is 2.92. The molecule has 136 valence electrons. The van der Waals surface area contributed by atoms with Gasteiger partial charge in [0.15, 0.2) is 0 Å². The number of nitrogens with zero attached hydrogens (tertiary/aromatic N) is 1. The number of rotatable bonds is 3. The topological polar surface area (TPSA) is 76.1 Å². The Morgan fingerprint density at radius 1 is 1.12 bits per heavy atom. The molecule has 1 aromatic carbocycles. The Balaban J connectivity index is 1.68. The minimum Gasteiger partial charge on any atom is -0.489 e. The Bertz CT molecular complexity index is 652. The van der Waals surface area contributed by atoms with Crippen molar-refractivity contribution in [2.45, 2.75) is 70.2 Å². The van der Waals surface area contributed by atoms with Gasteiger partial charge < -0.3 is 19.5 Å². The van der Waals surface area contributed by atoms with Crippen molar-refractivity contribution in [2.24, 2.45) is 0 Å². The van der Waals surface area contributed by atoms with Gasteiger partial charge in [-0.2, -0.15) is 0 Å². The van der Waals surface area contributed by atoms with E-state index in [9.17, 15) is 14.7 Å². The van der Waals surface area contributed by atoms with Gasteiger partial charge in [-0.05, 0) is 45.7 Å². The van der Waals surface area contributed by atoms with E-state index in [-0.39, 0.29) is 29.8 Å². The first-order chi connectivity index (χ1) is 11.7. The van der Waals surface area contributed by atoms with Crippen molar-refractivity contribution in [1.82, 2.24) is 4.90 Å². The fourth-order valence-electron chi connectivity index (χ4n) is 3.76. The molecule has 0 saturated carbocycles. The summed E-state index contributed by atoms with van der Waals surface area (Å²) >= 11 is 0. The molecular weight excluding hydrogens is 322 g/mol. The van der Waals surface area contributed by atoms with E-state index >= 15 is 0 Å². The van der Waals surface area contributed by atoms with Crippen molar-refractivity contribution >= 4 is 12.1 Å². The third kappa shape index (κ3) is 3.89. The molecule has 2 aliphatic rings. The molecule has 2 fully saturated rings. The number of hydrogen-bond acceptors (Lipinski definition) is 4. The number of carbonyl (C=O) groups is 2. The first-order valence-electron chi connectivity index (χ1n) is 8.75. The molecule has 1 amide bonds. The van der Waals surface area contributed by atoms with Gasteiger partial charge in [-0.1, -0.05) is 12.1 Å². The average Bonchev–Trinajstić information content (AvgIpc) is 2.78. The van der Waals surface area contributed by atoms with E-state index in [1.165, 1.54) is 0 Å². The number of ether oxygens (including phenoxy) is 2. The van der Waals surface area contributed by atoms with Gasteiger partial charge in [-0.15, -0.1) is 0 Å². The Labute approximate surface area is 147 Å². The Morgan fingerprint density at radius 2 is 1.72 bits per heavy atom. The summed E-state index contributed by atoms with van der Waals surface area (Å²) in [5.74, 6) is -0.602. The number of carboxylic acid groups (broad SMARTS) is 1. The summed E-state index contributed by atoms with van der Waals surface area (Å²) in [4.78, 5) is 25.7. The third-order valence-corrected chi connectivity index (χ3v) is 4.71. The van der Waals surface area contributed by atoms with E-state index in [4.69, 9.17) is 9.47 Å². The van der Waals surface area contributed by atoms with E-state index in [0.29, 0.717) is 18.6 Å². The van der Waals surface area contributed by atoms with Gasteiger partial charge >= 0.3 is 12.1 Å². The molecule has 2 saturated heterocycles. The minimum atomic E-state index is -0.996. The quantitative estimate of drug-likeness (QED) is 0.902. The largest absolute Gasteiger partial charge is 0.489 e. The maximum absolute atomic E-state index is 12.5. The van der Waals surface area contributed by atoms with Gasteiger partial charge in [0.05, 0.1) is 0 Å². The summed E-state index contributed by atoms with van der Waals surface area (Å²) in [5, 5.41) is 9.29. The molecule has 25 heavy (non-hydrogen) atoms. The smallest absolute Gasteiger partial charge is 0.410 e. The highest BCUT2D eigenvalue weighted by Crippen LogP contribution is 2.38. The molecule has 0 radical (unpaired) electrons. The molecule has 6 heteroatoms. The molecule has 3 atom stereocenters. The number of carbonyl (C=O) groups excluding carboxylic acids is 1. The van der Waals surface area contributed by atoms with E-state index in [0.717, 1.165) is 12.8 Å². The standard InChI is InChI=1S/C19H25NO5/c1-19(2,3)25-18(23)20-12-8-9-13(20)11-14(10-12)24-16-7-5-4-6-15(16)17(21)22/h4-7,12-14H,8-11H2,1-3H3,(H,21,22)/t12-,13+,14-. The summed E-state index contributed by atoms with van der Waals surface area (Å²) in [6, 6.07) is 6.87. The molecule has 0 spiro atoms. The van der Waals surface area contributed by atoms with Crippen LogP contribution in [-0.2, 0) is 4.74 Å². The van der Waals surface area contributed by atoms with Crippen LogP contribution in [0.1, 0.15) is 56.8 Å². The summed E-state index contributed by atoms with van der Waals surface area (Å²) < 4.78 is 11.5. The zero-order chi connectivity index (χ0) is 18.2. The molecule has 3 rings (SSSR count). The van der Waals surface area contributed by atoms with Crippen molar-refractivity contribution in [3.05, 3.63) is 29.8 Å². The Kier molecular flexibility index (Phi) is 4.62. The van der Waals surface area contributed by atoms with Gasteiger partial charge in [0.2, 0.25) is 0 Å². The molecular formula is C19H25NO5. The van der Waals surface area contributed by atoms with Crippen molar-refractivity contribution in [3.8, 4) is 5.75 Å². The van der Waals surface area contributed by atoms with Crippen molar-refractivity contribution in [2.75, 3.05) is 0 Å². The van der Waals surface area contributed by atoms with Gasteiger partial charge in [0.25, 0.3) is 0 Å². The highest BCUT2D eigenvalue weighted by atomic mass is 16.6. The van der Waals surface area contributed by atoms with Crippen molar-refractivity contribution in [1.29, 1.82) is 0 Å². The molecule has 2 heterocycles. The third-order valence-electron chi connectivity index (χ3n) is 4.71. The van der Waals surface area contributed by atoms with Crippen molar-refractivity contribution in [3.63, 3.8) is 0 Å². The number of piperidine rings is 1. The lowest BCUT2D eigenvalue weighted by atomic mass is 10.00. The molecule has 1 N–H and O–H groups in total. The van der Waals surface area contributed by atoms with Crippen LogP contribution in [0.3, 0.4) is 0 Å². The van der Waals surface area contributed by atoms with Crippen LogP contribution < -0.4 is 4.74 Å². The van der Waals surface area contributed by atoms with Crippen LogP contribution in [-0.4, -0.2) is 45.9 Å². The number of hydrogen-bond donors (Lipinski definition) is 1. The normalized spacial score (nSPS) is 25.6. The monoisotopic (exact) mass is 347 g/mol. The average molecular weight is 347 g/mol. The number of fused-ring (bicyclic) bond motifs is 2. The molecule has 0 aromatic heterocycles. The SMILES string of the molecule is CC(C)(C)OC(=O)N1[C@@H]2CC[C@H]1C[C@H](Oc1ccccc1C(=O)O)C2. The second kappa shape index (κ2) is 6.58. The maximum atomic E-state index is 12.5. The van der Waals surface area contributed by atoms with Crippen molar-refractivity contribution < 1.29 is 24.2 Å². The van der Waals surface area contributed by atoms with Gasteiger partial charge in [0.1, 0.15) is 23.0 Å². The number of para-hydroxylation sites is 1.